The highest BCUT2D eigenvalue weighted by Crippen LogP contribution is 2.38. The summed E-state index contributed by atoms with van der Waals surface area (Å²) in [6, 6.07) is 4.59. The monoisotopic (exact) mass is 389 g/mol. The van der Waals surface area contributed by atoms with Crippen molar-refractivity contribution in [2.45, 2.75) is 19.0 Å². The van der Waals surface area contributed by atoms with Gasteiger partial charge in [0.2, 0.25) is 5.91 Å². The van der Waals surface area contributed by atoms with E-state index in [4.69, 9.17) is 5.73 Å². The second-order valence-electron chi connectivity index (χ2n) is 6.87. The lowest BCUT2D eigenvalue weighted by atomic mass is 9.96. The summed E-state index contributed by atoms with van der Waals surface area (Å²) in [5, 5.41) is 0. The largest absolute Gasteiger partial charge is 0.419 e. The predicted octanol–water partition coefficient (Wildman–Crippen LogP) is 3.12. The van der Waals surface area contributed by atoms with E-state index < -0.39 is 17.6 Å². The Labute approximate surface area is 158 Å². The number of hydrogen-bond donors (Lipinski definition) is 1. The average molecular weight is 389 g/mol. The molecule has 4 heterocycles. The lowest BCUT2D eigenvalue weighted by Gasteiger charge is -2.33. The lowest BCUT2D eigenvalue weighted by Crippen LogP contribution is -2.39. The number of fused-ring (bicyclic) bond motifs is 1. The van der Waals surface area contributed by atoms with E-state index in [1.165, 1.54) is 6.20 Å². The van der Waals surface area contributed by atoms with Gasteiger partial charge >= 0.3 is 6.18 Å². The fourth-order valence-corrected chi connectivity index (χ4v) is 3.54. The van der Waals surface area contributed by atoms with E-state index in [0.717, 1.165) is 6.07 Å². The molecule has 1 amide bonds. The van der Waals surface area contributed by atoms with Crippen molar-refractivity contribution in [3.05, 3.63) is 48.5 Å². The summed E-state index contributed by atoms with van der Waals surface area (Å²) >= 11 is 0. The number of nitrogens with two attached hydrogens (primary N) is 1. The summed E-state index contributed by atoms with van der Waals surface area (Å²) in [7, 11) is 0. The first-order chi connectivity index (χ1) is 13.3. The fourth-order valence-electron chi connectivity index (χ4n) is 3.54. The molecule has 2 N–H and O–H groups in total. The highest BCUT2D eigenvalue weighted by Gasteiger charge is 2.37. The van der Waals surface area contributed by atoms with Crippen molar-refractivity contribution in [3.63, 3.8) is 0 Å². The Hall–Kier alpha value is -3.10. The Morgan fingerprint density at radius 3 is 2.57 bits per heavy atom. The fraction of sp³-hybridized carbons (Fsp3) is 0.316. The Bertz CT molecular complexity index is 1020. The van der Waals surface area contributed by atoms with Gasteiger partial charge in [-0.25, -0.2) is 9.97 Å². The molecule has 3 aromatic rings. The summed E-state index contributed by atoms with van der Waals surface area (Å²) < 4.78 is 43.0. The smallest absolute Gasteiger partial charge is 0.369 e. The van der Waals surface area contributed by atoms with Crippen molar-refractivity contribution < 1.29 is 18.0 Å². The molecule has 3 aromatic heterocycles. The van der Waals surface area contributed by atoms with E-state index in [1.54, 1.807) is 40.0 Å². The first-order valence-electron chi connectivity index (χ1n) is 8.87. The molecule has 0 unspecified atom stereocenters. The number of anilines is 1. The van der Waals surface area contributed by atoms with E-state index >= 15 is 0 Å². The molecule has 0 spiro atoms. The molecular weight excluding hydrogens is 371 g/mol. The van der Waals surface area contributed by atoms with Crippen molar-refractivity contribution in [2.75, 3.05) is 18.0 Å². The molecular formula is C19H18F3N5O. The maximum Gasteiger partial charge on any atom is 0.419 e. The first kappa shape index (κ1) is 18.3. The van der Waals surface area contributed by atoms with Crippen LogP contribution in [0.4, 0.5) is 19.0 Å². The van der Waals surface area contributed by atoms with Gasteiger partial charge in [0.15, 0.2) is 0 Å². The maximum absolute atomic E-state index is 13.8. The molecule has 0 saturated carbocycles. The SMILES string of the molecule is NC(=O)C1CCN(c2ncc(-c3ccc4nccn4c3)cc2C(F)(F)F)CC1. The minimum Gasteiger partial charge on any atom is -0.369 e. The van der Waals surface area contributed by atoms with Crippen LogP contribution in [0, 0.1) is 5.92 Å². The van der Waals surface area contributed by atoms with Crippen LogP contribution in [-0.2, 0) is 11.0 Å². The van der Waals surface area contributed by atoms with Crippen molar-refractivity contribution in [1.82, 2.24) is 14.4 Å². The Morgan fingerprint density at radius 2 is 1.89 bits per heavy atom. The minimum absolute atomic E-state index is 0.108. The zero-order valence-electron chi connectivity index (χ0n) is 14.9. The van der Waals surface area contributed by atoms with Crippen LogP contribution in [0.3, 0.4) is 0 Å². The number of pyridine rings is 2. The number of imidazole rings is 1. The molecule has 1 aliphatic heterocycles. The molecule has 9 heteroatoms. The molecule has 0 bridgehead atoms. The number of rotatable bonds is 3. The van der Waals surface area contributed by atoms with Gasteiger partial charge in [0.05, 0.1) is 5.56 Å². The molecule has 6 nitrogen and oxygen atoms in total. The van der Waals surface area contributed by atoms with E-state index in [9.17, 15) is 18.0 Å². The summed E-state index contributed by atoms with van der Waals surface area (Å²) in [5.74, 6) is -0.816. The van der Waals surface area contributed by atoms with Gasteiger partial charge in [-0.3, -0.25) is 4.79 Å². The molecule has 1 aliphatic rings. The summed E-state index contributed by atoms with van der Waals surface area (Å²) in [6.45, 7) is 0.619. The first-order valence-corrected chi connectivity index (χ1v) is 8.87. The van der Waals surface area contributed by atoms with E-state index in [-0.39, 0.29) is 11.7 Å². The summed E-state index contributed by atoms with van der Waals surface area (Å²) in [4.78, 5) is 21.2. The number of carbonyl (C=O) groups excluding carboxylic acids is 1. The number of halogens is 3. The number of carbonyl (C=O) groups is 1. The average Bonchev–Trinajstić information content (AvgIpc) is 3.15. The Balaban J connectivity index is 1.69. The molecule has 146 valence electrons. The number of primary amides is 1. The molecule has 0 radical (unpaired) electrons. The van der Waals surface area contributed by atoms with Crippen molar-refractivity contribution in [3.8, 4) is 11.1 Å². The molecule has 0 atom stereocenters. The van der Waals surface area contributed by atoms with Crippen molar-refractivity contribution in [1.29, 1.82) is 0 Å². The van der Waals surface area contributed by atoms with Gasteiger partial charge in [-0.05, 0) is 31.0 Å². The highest BCUT2D eigenvalue weighted by atomic mass is 19.4. The van der Waals surface area contributed by atoms with E-state index in [2.05, 4.69) is 9.97 Å². The van der Waals surface area contributed by atoms with E-state index in [1.807, 2.05) is 0 Å². The summed E-state index contributed by atoms with van der Waals surface area (Å²) in [6.07, 6.45) is 2.82. The van der Waals surface area contributed by atoms with Crippen LogP contribution in [0.15, 0.2) is 43.0 Å². The van der Waals surface area contributed by atoms with Gasteiger partial charge in [0.25, 0.3) is 0 Å². The van der Waals surface area contributed by atoms with Gasteiger partial charge in [-0.15, -0.1) is 0 Å². The topological polar surface area (TPSA) is 76.5 Å². The number of piperidine rings is 1. The minimum atomic E-state index is -4.54. The lowest BCUT2D eigenvalue weighted by molar-refractivity contribution is -0.137. The Morgan fingerprint density at radius 1 is 1.14 bits per heavy atom. The molecule has 1 fully saturated rings. The van der Waals surface area contributed by atoms with Gasteiger partial charge in [-0.1, -0.05) is 0 Å². The molecule has 4 rings (SSSR count). The quantitative estimate of drug-likeness (QED) is 0.747. The third-order valence-electron chi connectivity index (χ3n) is 5.09. The zero-order valence-corrected chi connectivity index (χ0v) is 14.9. The van der Waals surface area contributed by atoms with Gasteiger partial charge in [0.1, 0.15) is 11.5 Å². The van der Waals surface area contributed by atoms with E-state index in [0.29, 0.717) is 42.7 Å². The van der Waals surface area contributed by atoms with Crippen LogP contribution in [-0.4, -0.2) is 33.4 Å². The normalized spacial score (nSPS) is 15.9. The highest BCUT2D eigenvalue weighted by molar-refractivity contribution is 5.77. The second kappa shape index (κ2) is 6.81. The van der Waals surface area contributed by atoms with Crippen LogP contribution in [0.5, 0.6) is 0 Å². The van der Waals surface area contributed by atoms with Crippen LogP contribution >= 0.6 is 0 Å². The summed E-state index contributed by atoms with van der Waals surface area (Å²) in [5.41, 5.74) is 6.22. The van der Waals surface area contributed by atoms with Crippen LogP contribution in [0.1, 0.15) is 18.4 Å². The standard InChI is InChI=1S/C19H18F3N5O/c20-19(21,22)15-9-14(13-1-2-16-24-5-8-27(16)11-13)10-25-18(15)26-6-3-12(4-7-26)17(23)28/h1-2,5,8-12H,3-4,6-7H2,(H2,23,28). The second-order valence-corrected chi connectivity index (χ2v) is 6.87. The van der Waals surface area contributed by atoms with Gasteiger partial charge in [-0.2, -0.15) is 13.2 Å². The number of amides is 1. The molecule has 0 aliphatic carbocycles. The Kier molecular flexibility index (Phi) is 4.44. The molecule has 0 aromatic carbocycles. The van der Waals surface area contributed by atoms with Crippen LogP contribution in [0.25, 0.3) is 16.8 Å². The van der Waals surface area contributed by atoms with Crippen molar-refractivity contribution >= 4 is 17.4 Å². The maximum atomic E-state index is 13.8. The molecule has 1 saturated heterocycles. The van der Waals surface area contributed by atoms with Crippen molar-refractivity contribution in [2.24, 2.45) is 11.7 Å². The third-order valence-corrected chi connectivity index (χ3v) is 5.09. The van der Waals surface area contributed by atoms with Crippen LogP contribution < -0.4 is 10.6 Å². The van der Waals surface area contributed by atoms with Gasteiger partial charge in [0, 0.05) is 54.9 Å². The zero-order chi connectivity index (χ0) is 19.9. The predicted molar refractivity (Wildman–Crippen MR) is 97.6 cm³/mol. The number of alkyl halides is 3. The number of nitrogens with zero attached hydrogens (tertiary/aromatic N) is 4. The van der Waals surface area contributed by atoms with Gasteiger partial charge < -0.3 is 15.0 Å². The number of aromatic nitrogens is 3. The van der Waals surface area contributed by atoms with Crippen LogP contribution in [0.2, 0.25) is 0 Å². The number of hydrogen-bond acceptors (Lipinski definition) is 4. The molecule has 28 heavy (non-hydrogen) atoms. The third kappa shape index (κ3) is 3.39.